The van der Waals surface area contributed by atoms with Gasteiger partial charge in [0.05, 0.1) is 17.8 Å². The monoisotopic (exact) mass is 354 g/mol. The molecule has 0 aromatic heterocycles. The molecule has 2 aromatic rings. The predicted octanol–water partition coefficient (Wildman–Crippen LogP) is 3.80. The maximum Gasteiger partial charge on any atom is 0.229 e. The Hall–Kier alpha value is -1.95. The predicted molar refractivity (Wildman–Crippen MR) is 82.0 cm³/mol. The molecule has 0 aliphatic carbocycles. The van der Waals surface area contributed by atoms with Crippen molar-refractivity contribution in [3.05, 3.63) is 57.6 Å². The van der Waals surface area contributed by atoms with Gasteiger partial charge in [-0.1, -0.05) is 6.07 Å². The molecular weight excluding hydrogens is 342 g/mol. The number of nitrogen functional groups attached to an aromatic ring is 1. The molecule has 1 amide bonds. The molecule has 3 N–H and O–H groups in total. The summed E-state index contributed by atoms with van der Waals surface area (Å²) in [7, 11) is 0. The number of halogens is 3. The van der Waals surface area contributed by atoms with Crippen LogP contribution in [0.1, 0.15) is 11.1 Å². The van der Waals surface area contributed by atoms with E-state index < -0.39 is 24.0 Å². The smallest absolute Gasteiger partial charge is 0.229 e. The van der Waals surface area contributed by atoms with Crippen LogP contribution in [0.5, 0.6) is 0 Å². The zero-order valence-electron chi connectivity index (χ0n) is 11.2. The Kier molecular flexibility index (Phi) is 4.57. The third-order valence-corrected chi connectivity index (χ3v) is 3.55. The maximum absolute atomic E-state index is 13.5. The molecule has 0 radical (unpaired) electrons. The topological polar surface area (TPSA) is 55.1 Å². The minimum Gasteiger partial charge on any atom is -0.397 e. The molecule has 0 aliphatic rings. The number of benzene rings is 2. The Labute approximate surface area is 129 Å². The summed E-state index contributed by atoms with van der Waals surface area (Å²) < 4.78 is 27.6. The van der Waals surface area contributed by atoms with Crippen molar-refractivity contribution < 1.29 is 13.6 Å². The first-order valence-electron chi connectivity index (χ1n) is 6.17. The van der Waals surface area contributed by atoms with Crippen molar-refractivity contribution >= 4 is 33.2 Å². The van der Waals surface area contributed by atoms with Gasteiger partial charge in [-0.25, -0.2) is 8.78 Å². The van der Waals surface area contributed by atoms with Gasteiger partial charge in [0.15, 0.2) is 0 Å². The Morgan fingerprint density at radius 2 is 1.90 bits per heavy atom. The molecule has 110 valence electrons. The van der Waals surface area contributed by atoms with Gasteiger partial charge in [0.25, 0.3) is 0 Å². The summed E-state index contributed by atoms with van der Waals surface area (Å²) in [5.74, 6) is -2.04. The molecule has 2 aromatic carbocycles. The van der Waals surface area contributed by atoms with Crippen LogP contribution in [0.2, 0.25) is 0 Å². The van der Waals surface area contributed by atoms with Crippen molar-refractivity contribution in [2.45, 2.75) is 13.3 Å². The van der Waals surface area contributed by atoms with Crippen molar-refractivity contribution in [3.63, 3.8) is 0 Å². The molecule has 21 heavy (non-hydrogen) atoms. The number of hydrogen-bond acceptors (Lipinski definition) is 2. The summed E-state index contributed by atoms with van der Waals surface area (Å²) in [4.78, 5) is 12.0. The molecule has 0 atom stereocenters. The van der Waals surface area contributed by atoms with Crippen molar-refractivity contribution in [1.29, 1.82) is 0 Å². The summed E-state index contributed by atoms with van der Waals surface area (Å²) in [6, 6.07) is 6.96. The van der Waals surface area contributed by atoms with Crippen LogP contribution in [0.4, 0.5) is 20.2 Å². The average Bonchev–Trinajstić information content (AvgIpc) is 2.38. The van der Waals surface area contributed by atoms with Crippen LogP contribution >= 0.6 is 15.9 Å². The minimum absolute atomic E-state index is 0.267. The number of carbonyl (C=O) groups excluding carboxylic acids is 1. The summed E-state index contributed by atoms with van der Waals surface area (Å²) in [5.41, 5.74) is 7.26. The van der Waals surface area contributed by atoms with Crippen LogP contribution in [0.25, 0.3) is 0 Å². The quantitative estimate of drug-likeness (QED) is 0.823. The number of amides is 1. The molecule has 0 saturated carbocycles. The van der Waals surface area contributed by atoms with E-state index in [2.05, 4.69) is 21.2 Å². The van der Waals surface area contributed by atoms with E-state index in [0.29, 0.717) is 15.8 Å². The van der Waals surface area contributed by atoms with Gasteiger partial charge >= 0.3 is 0 Å². The molecule has 0 unspecified atom stereocenters. The van der Waals surface area contributed by atoms with Crippen LogP contribution in [-0.2, 0) is 11.2 Å². The molecule has 0 bridgehead atoms. The fourth-order valence-corrected chi connectivity index (χ4v) is 2.64. The van der Waals surface area contributed by atoms with Crippen LogP contribution in [-0.4, -0.2) is 5.91 Å². The SMILES string of the molecule is Cc1cc(N)c(NC(=O)Cc2c(F)cccc2F)c(Br)c1. The number of hydrogen-bond donors (Lipinski definition) is 2. The van der Waals surface area contributed by atoms with Gasteiger partial charge in [-0.2, -0.15) is 0 Å². The Bertz CT molecular complexity index is 661. The normalized spacial score (nSPS) is 10.5. The van der Waals surface area contributed by atoms with Crippen LogP contribution in [0.15, 0.2) is 34.8 Å². The fourth-order valence-electron chi connectivity index (χ4n) is 1.95. The largest absolute Gasteiger partial charge is 0.397 e. The van der Waals surface area contributed by atoms with Gasteiger partial charge < -0.3 is 11.1 Å². The van der Waals surface area contributed by atoms with Gasteiger partial charge in [0.1, 0.15) is 11.6 Å². The van der Waals surface area contributed by atoms with E-state index in [1.54, 1.807) is 12.1 Å². The highest BCUT2D eigenvalue weighted by atomic mass is 79.9. The number of rotatable bonds is 3. The molecule has 6 heteroatoms. The Balaban J connectivity index is 2.20. The molecular formula is C15H13BrF2N2O. The number of anilines is 2. The molecule has 2 rings (SSSR count). The summed E-state index contributed by atoms with van der Waals surface area (Å²) in [6.45, 7) is 1.86. The lowest BCUT2D eigenvalue weighted by molar-refractivity contribution is -0.115. The van der Waals surface area contributed by atoms with Crippen molar-refractivity contribution in [3.8, 4) is 0 Å². The summed E-state index contributed by atoms with van der Waals surface area (Å²) >= 11 is 3.30. The third kappa shape index (κ3) is 3.58. The number of nitrogens with two attached hydrogens (primary N) is 1. The van der Waals surface area contributed by atoms with E-state index in [9.17, 15) is 13.6 Å². The van der Waals surface area contributed by atoms with E-state index in [4.69, 9.17) is 5.73 Å². The molecule has 0 saturated heterocycles. The van der Waals surface area contributed by atoms with Crippen LogP contribution in [0.3, 0.4) is 0 Å². The van der Waals surface area contributed by atoms with Gasteiger partial charge in [0, 0.05) is 10.0 Å². The number of nitrogens with one attached hydrogen (secondary N) is 1. The van der Waals surface area contributed by atoms with Crippen molar-refractivity contribution in [2.75, 3.05) is 11.1 Å². The highest BCUT2D eigenvalue weighted by Crippen LogP contribution is 2.30. The first kappa shape index (κ1) is 15.4. The molecule has 0 fully saturated rings. The second-order valence-corrected chi connectivity index (χ2v) is 5.49. The maximum atomic E-state index is 13.5. The average molecular weight is 355 g/mol. The molecule has 0 spiro atoms. The number of aryl methyl sites for hydroxylation is 1. The van der Waals surface area contributed by atoms with Crippen LogP contribution in [0, 0.1) is 18.6 Å². The van der Waals surface area contributed by atoms with E-state index >= 15 is 0 Å². The molecule has 0 heterocycles. The summed E-state index contributed by atoms with van der Waals surface area (Å²) in [6.07, 6.45) is -0.405. The third-order valence-electron chi connectivity index (χ3n) is 2.93. The van der Waals surface area contributed by atoms with Gasteiger partial charge in [0.2, 0.25) is 5.91 Å². The highest BCUT2D eigenvalue weighted by Gasteiger charge is 2.15. The Morgan fingerprint density at radius 1 is 1.29 bits per heavy atom. The second-order valence-electron chi connectivity index (χ2n) is 4.64. The lowest BCUT2D eigenvalue weighted by Gasteiger charge is -2.12. The van der Waals surface area contributed by atoms with E-state index in [1.165, 1.54) is 6.07 Å². The summed E-state index contributed by atoms with van der Waals surface area (Å²) in [5, 5.41) is 2.56. The Morgan fingerprint density at radius 3 is 2.48 bits per heavy atom. The second kappa shape index (κ2) is 6.22. The first-order valence-corrected chi connectivity index (χ1v) is 6.96. The lowest BCUT2D eigenvalue weighted by atomic mass is 10.1. The van der Waals surface area contributed by atoms with Gasteiger partial charge in [-0.15, -0.1) is 0 Å². The molecule has 3 nitrogen and oxygen atoms in total. The minimum atomic E-state index is -0.749. The zero-order chi connectivity index (χ0) is 15.6. The standard InChI is InChI=1S/C15H13BrF2N2O/c1-8-5-10(16)15(13(19)6-8)20-14(21)7-9-11(17)3-2-4-12(9)18/h2-6H,7,19H2,1H3,(H,20,21). The van der Waals surface area contributed by atoms with Crippen molar-refractivity contribution in [1.82, 2.24) is 0 Å². The van der Waals surface area contributed by atoms with E-state index in [1.807, 2.05) is 6.92 Å². The molecule has 0 aliphatic heterocycles. The van der Waals surface area contributed by atoms with Crippen molar-refractivity contribution in [2.24, 2.45) is 0 Å². The van der Waals surface area contributed by atoms with Gasteiger partial charge in [-0.05, 0) is 52.7 Å². The first-order chi connectivity index (χ1) is 9.88. The number of carbonyl (C=O) groups is 1. The van der Waals surface area contributed by atoms with E-state index in [0.717, 1.165) is 17.7 Å². The fraction of sp³-hybridized carbons (Fsp3) is 0.133. The lowest BCUT2D eigenvalue weighted by Crippen LogP contribution is -2.17. The highest BCUT2D eigenvalue weighted by molar-refractivity contribution is 9.10. The van der Waals surface area contributed by atoms with Crippen LogP contribution < -0.4 is 11.1 Å². The van der Waals surface area contributed by atoms with E-state index in [-0.39, 0.29) is 5.56 Å². The van der Waals surface area contributed by atoms with Gasteiger partial charge in [-0.3, -0.25) is 4.79 Å². The zero-order valence-corrected chi connectivity index (χ0v) is 12.8.